The van der Waals surface area contributed by atoms with Gasteiger partial charge in [0.05, 0.1) is 0 Å². The maximum absolute atomic E-state index is 9.73. The summed E-state index contributed by atoms with van der Waals surface area (Å²) in [6.07, 6.45) is 6.31. The van der Waals surface area contributed by atoms with Crippen LogP contribution in [0.5, 0.6) is 0 Å². The van der Waals surface area contributed by atoms with E-state index < -0.39 is 0 Å². The summed E-state index contributed by atoms with van der Waals surface area (Å²) in [6.45, 7) is 5.14. The van der Waals surface area contributed by atoms with Gasteiger partial charge in [0.2, 0.25) is 0 Å². The van der Waals surface area contributed by atoms with Gasteiger partial charge < -0.3 is 0 Å². The molecular weight excluding hydrogens is 152 g/mol. The average Bonchev–Trinajstić information content (AvgIpc) is 2.11. The number of hydrogen-bond donors (Lipinski definition) is 1. The van der Waals surface area contributed by atoms with Gasteiger partial charge in [-0.1, -0.05) is 38.2 Å². The van der Waals surface area contributed by atoms with Crippen LogP contribution in [-0.4, -0.2) is 12.6 Å². The van der Waals surface area contributed by atoms with E-state index in [0.29, 0.717) is 5.92 Å². The first-order valence-electron chi connectivity index (χ1n) is 4.64. The molecule has 3 heteroatoms. The van der Waals surface area contributed by atoms with Crippen molar-refractivity contribution in [2.75, 3.05) is 6.54 Å². The first-order valence-corrected chi connectivity index (χ1v) is 4.64. The highest BCUT2D eigenvalue weighted by Crippen LogP contribution is 2.10. The number of carbonyl (C=O) groups excluding carboxylic acids is 1. The van der Waals surface area contributed by atoms with E-state index in [9.17, 15) is 4.79 Å². The Morgan fingerprint density at radius 3 is 2.75 bits per heavy atom. The van der Waals surface area contributed by atoms with Crippen LogP contribution < -0.4 is 5.43 Å². The largest absolute Gasteiger partial charge is 0.299 e. The molecule has 0 rings (SSSR count). The standard InChI is InChI=1S/C9H18N2O/c1-3-5-6-9(4-2)7-10-11-8-12/h9-10H,3-7H2,1-2H3. The average molecular weight is 170 g/mol. The van der Waals surface area contributed by atoms with Crippen LogP contribution in [0.15, 0.2) is 5.10 Å². The van der Waals surface area contributed by atoms with Crippen LogP contribution in [-0.2, 0) is 4.79 Å². The lowest BCUT2D eigenvalue weighted by Crippen LogP contribution is -2.17. The molecule has 70 valence electrons. The molecule has 12 heavy (non-hydrogen) atoms. The van der Waals surface area contributed by atoms with Crippen molar-refractivity contribution in [1.29, 1.82) is 0 Å². The molecule has 0 radical (unpaired) electrons. The van der Waals surface area contributed by atoms with Crippen molar-refractivity contribution in [3.05, 3.63) is 0 Å². The highest BCUT2D eigenvalue weighted by molar-refractivity contribution is 5.31. The molecule has 1 unspecified atom stereocenters. The maximum atomic E-state index is 9.73. The molecule has 0 aliphatic carbocycles. The van der Waals surface area contributed by atoms with Crippen LogP contribution in [0.3, 0.4) is 0 Å². The van der Waals surface area contributed by atoms with E-state index in [0.717, 1.165) is 13.0 Å². The van der Waals surface area contributed by atoms with Crippen LogP contribution in [0.2, 0.25) is 0 Å². The second-order valence-electron chi connectivity index (χ2n) is 2.98. The fourth-order valence-electron chi connectivity index (χ4n) is 1.15. The van der Waals surface area contributed by atoms with Gasteiger partial charge in [0.15, 0.2) is 0 Å². The van der Waals surface area contributed by atoms with E-state index in [-0.39, 0.29) is 0 Å². The number of unbranched alkanes of at least 4 members (excludes halogenated alkanes) is 1. The first kappa shape index (κ1) is 11.2. The van der Waals surface area contributed by atoms with Gasteiger partial charge in [0.1, 0.15) is 0 Å². The molecule has 0 amide bonds. The number of rotatable bonds is 7. The Morgan fingerprint density at radius 2 is 2.25 bits per heavy atom. The molecule has 0 aliphatic heterocycles. The fraction of sp³-hybridized carbons (Fsp3) is 0.889. The van der Waals surface area contributed by atoms with Gasteiger partial charge in [-0.05, 0) is 12.3 Å². The maximum Gasteiger partial charge on any atom is 0.258 e. The van der Waals surface area contributed by atoms with Gasteiger partial charge in [-0.2, -0.15) is 0 Å². The van der Waals surface area contributed by atoms with Crippen LogP contribution in [0.25, 0.3) is 0 Å². The van der Waals surface area contributed by atoms with Crippen molar-refractivity contribution in [1.82, 2.24) is 5.43 Å². The Bertz CT molecular complexity index is 141. The molecule has 1 N–H and O–H groups in total. The molecule has 0 saturated heterocycles. The second kappa shape index (κ2) is 8.28. The van der Waals surface area contributed by atoms with Gasteiger partial charge in [-0.15, -0.1) is 0 Å². The van der Waals surface area contributed by atoms with Gasteiger partial charge in [-0.25, -0.2) is 4.79 Å². The van der Waals surface area contributed by atoms with E-state index in [1.807, 2.05) is 0 Å². The second-order valence-corrected chi connectivity index (χ2v) is 2.98. The first-order chi connectivity index (χ1) is 5.85. The van der Waals surface area contributed by atoms with E-state index >= 15 is 0 Å². The molecule has 0 fully saturated rings. The summed E-state index contributed by atoms with van der Waals surface area (Å²) in [5.41, 5.74) is 2.70. The third-order valence-corrected chi connectivity index (χ3v) is 2.05. The molecule has 0 saturated carbocycles. The summed E-state index contributed by atoms with van der Waals surface area (Å²) in [6, 6.07) is 0. The molecule has 0 aromatic rings. The number of nitrogens with zero attached hydrogens (tertiary/aromatic N) is 1. The summed E-state index contributed by atoms with van der Waals surface area (Å²) < 4.78 is 0. The number of isocyanates is 1. The molecule has 0 aromatic heterocycles. The zero-order valence-corrected chi connectivity index (χ0v) is 7.97. The smallest absolute Gasteiger partial charge is 0.258 e. The SMILES string of the molecule is CCCCC(CC)CNN=C=O. The zero-order valence-electron chi connectivity index (χ0n) is 7.97. The minimum absolute atomic E-state index is 0.641. The van der Waals surface area contributed by atoms with Crippen LogP contribution in [0, 0.1) is 5.92 Å². The van der Waals surface area contributed by atoms with E-state index in [1.165, 1.54) is 25.3 Å². The molecule has 1 atom stereocenters. The molecule has 0 aromatic carbocycles. The predicted molar refractivity (Wildman–Crippen MR) is 49.4 cm³/mol. The van der Waals surface area contributed by atoms with E-state index in [2.05, 4.69) is 24.4 Å². The van der Waals surface area contributed by atoms with Crippen LogP contribution in [0.1, 0.15) is 39.5 Å². The van der Waals surface area contributed by atoms with Crippen molar-refractivity contribution in [3.63, 3.8) is 0 Å². The van der Waals surface area contributed by atoms with E-state index in [4.69, 9.17) is 0 Å². The predicted octanol–water partition coefficient (Wildman–Crippen LogP) is 2.04. The third kappa shape index (κ3) is 5.93. The zero-order chi connectivity index (χ0) is 9.23. The Balaban J connectivity index is 3.45. The Kier molecular flexibility index (Phi) is 7.71. The summed E-state index contributed by atoms with van der Waals surface area (Å²) in [5, 5.41) is 3.31. The topological polar surface area (TPSA) is 41.5 Å². The van der Waals surface area contributed by atoms with Crippen molar-refractivity contribution in [2.24, 2.45) is 11.0 Å². The van der Waals surface area contributed by atoms with Crippen molar-refractivity contribution >= 4 is 6.08 Å². The Hall–Kier alpha value is -0.820. The number of hydrogen-bond acceptors (Lipinski definition) is 3. The van der Waals surface area contributed by atoms with Crippen molar-refractivity contribution < 1.29 is 4.79 Å². The monoisotopic (exact) mass is 170 g/mol. The highest BCUT2D eigenvalue weighted by atomic mass is 16.1. The van der Waals surface area contributed by atoms with Gasteiger partial charge in [0.25, 0.3) is 6.08 Å². The summed E-state index contributed by atoms with van der Waals surface area (Å²) in [7, 11) is 0. The minimum Gasteiger partial charge on any atom is -0.299 e. The Morgan fingerprint density at radius 1 is 1.50 bits per heavy atom. The minimum atomic E-state index is 0.641. The van der Waals surface area contributed by atoms with Crippen molar-refractivity contribution in [2.45, 2.75) is 39.5 Å². The molecule has 0 heterocycles. The van der Waals surface area contributed by atoms with Crippen molar-refractivity contribution in [3.8, 4) is 0 Å². The Labute approximate surface area is 74.2 Å². The number of nitrogens with one attached hydrogen (secondary N) is 1. The normalized spacial score (nSPS) is 11.8. The quantitative estimate of drug-likeness (QED) is 0.361. The third-order valence-electron chi connectivity index (χ3n) is 2.05. The van der Waals surface area contributed by atoms with Gasteiger partial charge >= 0.3 is 0 Å². The molecule has 0 aliphatic rings. The molecule has 0 bridgehead atoms. The number of hydrazone groups is 1. The summed E-state index contributed by atoms with van der Waals surface area (Å²) in [4.78, 5) is 9.73. The van der Waals surface area contributed by atoms with Crippen LogP contribution in [0.4, 0.5) is 0 Å². The highest BCUT2D eigenvalue weighted by Gasteiger charge is 2.03. The van der Waals surface area contributed by atoms with Gasteiger partial charge in [-0.3, -0.25) is 5.43 Å². The molecular formula is C9H18N2O. The fourth-order valence-corrected chi connectivity index (χ4v) is 1.15. The molecule has 3 nitrogen and oxygen atoms in total. The van der Waals surface area contributed by atoms with E-state index in [1.54, 1.807) is 0 Å². The van der Waals surface area contributed by atoms with Crippen LogP contribution >= 0.6 is 0 Å². The lowest BCUT2D eigenvalue weighted by Gasteiger charge is -2.12. The lowest BCUT2D eigenvalue weighted by molar-refractivity contribution is 0.424. The van der Waals surface area contributed by atoms with Gasteiger partial charge in [0, 0.05) is 6.54 Å². The summed E-state index contributed by atoms with van der Waals surface area (Å²) >= 11 is 0. The molecule has 0 spiro atoms. The summed E-state index contributed by atoms with van der Waals surface area (Å²) in [5.74, 6) is 0.641. The lowest BCUT2D eigenvalue weighted by atomic mass is 10.00.